The molecule has 0 bridgehead atoms. The van der Waals surface area contributed by atoms with Crippen molar-refractivity contribution in [3.8, 4) is 6.07 Å². The Bertz CT molecular complexity index is 535. The highest BCUT2D eigenvalue weighted by molar-refractivity contribution is 9.09. The monoisotopic (exact) mass is 409 g/mol. The molecule has 6 heteroatoms. The van der Waals surface area contributed by atoms with Gasteiger partial charge in [-0.25, -0.2) is 4.79 Å². The second kappa shape index (κ2) is 11.9. The topological polar surface area (TPSA) is 56.6 Å². The number of amides is 1. The number of ether oxygens (including phenoxy) is 1. The summed E-state index contributed by atoms with van der Waals surface area (Å²) in [6.45, 7) is 8.68. The van der Waals surface area contributed by atoms with Gasteiger partial charge in [0.2, 0.25) is 0 Å². The number of carbonyl (C=O) groups excluding carboxylic acids is 1. The Morgan fingerprint density at radius 1 is 1.28 bits per heavy atom. The van der Waals surface area contributed by atoms with E-state index < -0.39 is 0 Å². The number of carbonyl (C=O) groups is 1. The fourth-order valence-electron chi connectivity index (χ4n) is 3.00. The maximum atomic E-state index is 12.3. The lowest BCUT2D eigenvalue weighted by Gasteiger charge is -2.43. The molecule has 0 aliphatic carbocycles. The lowest BCUT2D eigenvalue weighted by atomic mass is 10.1. The molecule has 0 saturated carbocycles. The van der Waals surface area contributed by atoms with Crippen molar-refractivity contribution < 1.29 is 9.53 Å². The second-order valence-electron chi connectivity index (χ2n) is 6.15. The van der Waals surface area contributed by atoms with E-state index in [-0.39, 0.29) is 6.09 Å². The van der Waals surface area contributed by atoms with Crippen LogP contribution in [0.4, 0.5) is 4.79 Å². The van der Waals surface area contributed by atoms with Gasteiger partial charge in [-0.3, -0.25) is 4.90 Å². The average molecular weight is 410 g/mol. The molecular weight excluding hydrogens is 382 g/mol. The minimum atomic E-state index is -0.206. The molecule has 1 aromatic rings. The van der Waals surface area contributed by atoms with Gasteiger partial charge in [-0.05, 0) is 32.4 Å². The lowest BCUT2D eigenvalue weighted by Crippen LogP contribution is -2.58. The summed E-state index contributed by atoms with van der Waals surface area (Å²) in [7, 11) is 0. The molecule has 1 fully saturated rings. The Morgan fingerprint density at radius 3 is 2.36 bits per heavy atom. The van der Waals surface area contributed by atoms with Crippen LogP contribution in [0.1, 0.15) is 32.8 Å². The molecule has 0 aromatic heterocycles. The number of halogens is 1. The highest BCUT2D eigenvalue weighted by atomic mass is 79.9. The van der Waals surface area contributed by atoms with Gasteiger partial charge in [-0.1, -0.05) is 46.3 Å². The van der Waals surface area contributed by atoms with Gasteiger partial charge < -0.3 is 9.64 Å². The molecule has 2 rings (SSSR count). The summed E-state index contributed by atoms with van der Waals surface area (Å²) in [5, 5.41) is 8.34. The quantitative estimate of drug-likeness (QED) is 0.688. The van der Waals surface area contributed by atoms with E-state index in [1.54, 1.807) is 6.07 Å². The number of piperazine rings is 1. The molecule has 0 spiro atoms. The number of alkyl halides is 1. The van der Waals surface area contributed by atoms with Gasteiger partial charge in [-0.15, -0.1) is 0 Å². The molecule has 1 aliphatic rings. The van der Waals surface area contributed by atoms with Gasteiger partial charge >= 0.3 is 6.09 Å². The smallest absolute Gasteiger partial charge is 0.410 e. The van der Waals surface area contributed by atoms with Gasteiger partial charge in [0.05, 0.1) is 6.07 Å². The van der Waals surface area contributed by atoms with Gasteiger partial charge in [0.15, 0.2) is 0 Å². The lowest BCUT2D eigenvalue weighted by molar-refractivity contribution is 0.0254. The third-order valence-corrected chi connectivity index (χ3v) is 4.68. The Morgan fingerprint density at radius 2 is 1.84 bits per heavy atom. The molecule has 0 unspecified atom stereocenters. The zero-order valence-electron chi connectivity index (χ0n) is 15.3. The van der Waals surface area contributed by atoms with Gasteiger partial charge in [0, 0.05) is 37.4 Å². The minimum absolute atomic E-state index is 0.206. The molecule has 1 aliphatic heterocycles. The van der Waals surface area contributed by atoms with Gasteiger partial charge in [0.1, 0.15) is 6.61 Å². The largest absolute Gasteiger partial charge is 0.445 e. The average Bonchev–Trinajstić information content (AvgIpc) is 2.60. The Kier molecular flexibility index (Phi) is 10.2. The number of benzene rings is 1. The summed E-state index contributed by atoms with van der Waals surface area (Å²) in [5.74, 6) is 0. The van der Waals surface area contributed by atoms with Crippen LogP contribution >= 0.6 is 15.9 Å². The highest BCUT2D eigenvalue weighted by Crippen LogP contribution is 2.17. The number of nitriles is 1. The van der Waals surface area contributed by atoms with E-state index >= 15 is 0 Å². The van der Waals surface area contributed by atoms with Crippen LogP contribution in [-0.4, -0.2) is 52.9 Å². The van der Waals surface area contributed by atoms with Crippen molar-refractivity contribution >= 4 is 22.0 Å². The van der Waals surface area contributed by atoms with Crippen molar-refractivity contribution in [1.29, 1.82) is 5.26 Å². The molecule has 5 nitrogen and oxygen atoms in total. The van der Waals surface area contributed by atoms with E-state index in [0.29, 0.717) is 18.7 Å². The zero-order valence-corrected chi connectivity index (χ0v) is 16.9. The van der Waals surface area contributed by atoms with E-state index in [1.807, 2.05) is 35.2 Å². The number of nitrogens with zero attached hydrogens (tertiary/aromatic N) is 3. The van der Waals surface area contributed by atoms with Crippen LogP contribution in [0.3, 0.4) is 0 Å². The highest BCUT2D eigenvalue weighted by Gasteiger charge is 2.31. The van der Waals surface area contributed by atoms with Crippen molar-refractivity contribution in [2.24, 2.45) is 0 Å². The molecule has 2 atom stereocenters. The second-order valence-corrected chi connectivity index (χ2v) is 6.94. The predicted octanol–water partition coefficient (Wildman–Crippen LogP) is 4.03. The molecule has 0 radical (unpaired) electrons. The fourth-order valence-corrected chi connectivity index (χ4v) is 3.25. The fraction of sp³-hybridized carbons (Fsp3) is 0.579. The maximum absolute atomic E-state index is 12.3. The molecule has 25 heavy (non-hydrogen) atoms. The van der Waals surface area contributed by atoms with E-state index in [2.05, 4.69) is 34.7 Å². The van der Waals surface area contributed by atoms with Crippen LogP contribution in [0.25, 0.3) is 0 Å². The first kappa shape index (κ1) is 21.5. The van der Waals surface area contributed by atoms with Crippen molar-refractivity contribution in [2.45, 2.75) is 45.9 Å². The van der Waals surface area contributed by atoms with E-state index in [4.69, 9.17) is 10.00 Å². The Labute approximate surface area is 159 Å². The van der Waals surface area contributed by atoms with Crippen LogP contribution in [0.2, 0.25) is 0 Å². The van der Waals surface area contributed by atoms with E-state index in [0.717, 1.165) is 36.9 Å². The number of hydrogen-bond acceptors (Lipinski definition) is 4. The Balaban J connectivity index is 0.000000970. The van der Waals surface area contributed by atoms with Gasteiger partial charge in [-0.2, -0.15) is 5.26 Å². The van der Waals surface area contributed by atoms with Crippen LogP contribution in [0.15, 0.2) is 30.3 Å². The van der Waals surface area contributed by atoms with E-state index in [9.17, 15) is 4.79 Å². The minimum Gasteiger partial charge on any atom is -0.445 e. The van der Waals surface area contributed by atoms with Crippen molar-refractivity contribution in [1.82, 2.24) is 9.80 Å². The molecule has 0 N–H and O–H groups in total. The summed E-state index contributed by atoms with van der Waals surface area (Å²) in [5.41, 5.74) is 1.02. The van der Waals surface area contributed by atoms with Crippen molar-refractivity contribution in [3.63, 3.8) is 0 Å². The number of rotatable bonds is 5. The summed E-state index contributed by atoms with van der Waals surface area (Å²) in [4.78, 5) is 16.6. The summed E-state index contributed by atoms with van der Waals surface area (Å²) >= 11 is 3.48. The summed E-state index contributed by atoms with van der Waals surface area (Å²) < 4.78 is 5.44. The third-order valence-electron chi connectivity index (χ3n) is 4.11. The van der Waals surface area contributed by atoms with Gasteiger partial charge in [0.25, 0.3) is 0 Å². The first-order valence-electron chi connectivity index (χ1n) is 8.61. The predicted molar refractivity (Wildman–Crippen MR) is 104 cm³/mol. The van der Waals surface area contributed by atoms with Crippen LogP contribution < -0.4 is 0 Å². The standard InChI is InChI=1S/C17H25BrN2O2.C2H3N/c1-14-11-19(12-15(2)20(14)10-6-9-18)17(21)22-13-16-7-4-3-5-8-16;1-2-3/h3-5,7-8,14-15H,6,9-13H2,1-2H3;1H3/t14-,15+;. The SMILES string of the molecule is CC#N.C[C@@H]1CN(C(=O)OCc2ccccc2)C[C@H](C)N1CCCBr. The summed E-state index contributed by atoms with van der Waals surface area (Å²) in [6.07, 6.45) is 0.926. The van der Waals surface area contributed by atoms with E-state index in [1.165, 1.54) is 6.92 Å². The van der Waals surface area contributed by atoms with Crippen LogP contribution in [0.5, 0.6) is 0 Å². The summed E-state index contributed by atoms with van der Waals surface area (Å²) in [6, 6.07) is 12.3. The maximum Gasteiger partial charge on any atom is 0.410 e. The van der Waals surface area contributed by atoms with Crippen molar-refractivity contribution in [2.75, 3.05) is 25.0 Å². The molecule has 138 valence electrons. The zero-order chi connectivity index (χ0) is 18.7. The normalized spacial score (nSPS) is 20.2. The Hall–Kier alpha value is -1.58. The van der Waals surface area contributed by atoms with Crippen molar-refractivity contribution in [3.05, 3.63) is 35.9 Å². The molecule has 1 saturated heterocycles. The molecule has 1 aromatic carbocycles. The first-order chi connectivity index (χ1) is 12.0. The van der Waals surface area contributed by atoms with Crippen LogP contribution in [-0.2, 0) is 11.3 Å². The molecular formula is C19H28BrN3O2. The first-order valence-corrected chi connectivity index (χ1v) is 9.73. The van der Waals surface area contributed by atoms with Crippen LogP contribution in [0, 0.1) is 11.3 Å². The third kappa shape index (κ3) is 7.45. The molecule has 1 amide bonds. The number of hydrogen-bond donors (Lipinski definition) is 0. The molecule has 1 heterocycles.